The third-order valence-electron chi connectivity index (χ3n) is 8.86. The van der Waals surface area contributed by atoms with Gasteiger partial charge in [0, 0.05) is 75.1 Å². The number of likely N-dealkylation sites (tertiary alicyclic amines) is 1. The highest BCUT2D eigenvalue weighted by Crippen LogP contribution is 2.37. The highest BCUT2D eigenvalue weighted by molar-refractivity contribution is 5.86. The van der Waals surface area contributed by atoms with Gasteiger partial charge in [0.1, 0.15) is 11.6 Å². The lowest BCUT2D eigenvalue weighted by atomic mass is 9.91. The van der Waals surface area contributed by atoms with Crippen LogP contribution in [-0.4, -0.2) is 76.6 Å². The standard InChI is InChI=1S/C36H45FN4O4/c1-25-31-9-4-10-32(37)36(31)41(19-6-20-45-2)35(25)29-8-5-18-40(23-29)34(44)11-3-7-26-12-14-27(15-13-26)28-16-17-33(38-21-28)39-22-30(43)24-42/h4,9-10,12-17,21,29-30,42-43H,3,5-8,11,18-20,22-24H2,1-2H3,(H,38,39). The number of carbonyl (C=O) groups is 1. The van der Waals surface area contributed by atoms with Gasteiger partial charge in [-0.05, 0) is 73.9 Å². The minimum atomic E-state index is -0.821. The van der Waals surface area contributed by atoms with Gasteiger partial charge in [-0.25, -0.2) is 9.37 Å². The number of methoxy groups -OCH3 is 1. The molecule has 8 nitrogen and oxygen atoms in total. The van der Waals surface area contributed by atoms with Gasteiger partial charge in [0.05, 0.1) is 18.2 Å². The molecule has 3 heterocycles. The molecular formula is C36H45FN4O4. The molecule has 9 heteroatoms. The lowest BCUT2D eigenvalue weighted by Crippen LogP contribution is -2.39. The van der Waals surface area contributed by atoms with Crippen molar-refractivity contribution >= 4 is 22.6 Å². The first-order valence-electron chi connectivity index (χ1n) is 16.0. The fraction of sp³-hybridized carbons (Fsp3) is 0.444. The molecule has 45 heavy (non-hydrogen) atoms. The summed E-state index contributed by atoms with van der Waals surface area (Å²) in [6.45, 7) is 4.77. The Morgan fingerprint density at radius 2 is 1.93 bits per heavy atom. The van der Waals surface area contributed by atoms with E-state index in [1.165, 1.54) is 11.6 Å². The number of para-hydroxylation sites is 1. The van der Waals surface area contributed by atoms with Crippen LogP contribution in [0.5, 0.6) is 0 Å². The first-order valence-corrected chi connectivity index (χ1v) is 16.0. The normalized spacial score (nSPS) is 15.8. The number of aromatic nitrogens is 2. The van der Waals surface area contributed by atoms with Crippen LogP contribution in [0.25, 0.3) is 22.0 Å². The van der Waals surface area contributed by atoms with E-state index in [-0.39, 0.29) is 30.8 Å². The van der Waals surface area contributed by atoms with Crippen LogP contribution in [0.3, 0.4) is 0 Å². The average Bonchev–Trinajstić information content (AvgIpc) is 3.36. The minimum absolute atomic E-state index is 0.177. The molecule has 2 aromatic carbocycles. The number of carbonyl (C=O) groups excluding carboxylic acids is 1. The van der Waals surface area contributed by atoms with E-state index in [1.807, 2.05) is 23.1 Å². The molecule has 0 aliphatic carbocycles. The van der Waals surface area contributed by atoms with Crippen molar-refractivity contribution in [2.24, 2.45) is 0 Å². The summed E-state index contributed by atoms with van der Waals surface area (Å²) < 4.78 is 22.5. The highest BCUT2D eigenvalue weighted by Gasteiger charge is 2.29. The number of hydrogen-bond donors (Lipinski definition) is 3. The van der Waals surface area contributed by atoms with Crippen LogP contribution in [-0.2, 0) is 22.5 Å². The number of nitrogens with one attached hydrogen (secondary N) is 1. The van der Waals surface area contributed by atoms with Gasteiger partial charge in [-0.15, -0.1) is 0 Å². The molecular weight excluding hydrogens is 571 g/mol. The van der Waals surface area contributed by atoms with E-state index in [2.05, 4.69) is 46.1 Å². The van der Waals surface area contributed by atoms with E-state index in [4.69, 9.17) is 9.84 Å². The predicted octanol–water partition coefficient (Wildman–Crippen LogP) is 5.68. The summed E-state index contributed by atoms with van der Waals surface area (Å²) >= 11 is 0. The van der Waals surface area contributed by atoms with Crippen molar-refractivity contribution in [3.05, 3.63) is 83.4 Å². The fourth-order valence-corrected chi connectivity index (χ4v) is 6.53. The zero-order chi connectivity index (χ0) is 31.8. The number of ether oxygens (including phenoxy) is 1. The second kappa shape index (κ2) is 15.5. The van der Waals surface area contributed by atoms with Crippen LogP contribution in [0.4, 0.5) is 10.2 Å². The number of aliphatic hydroxyl groups is 2. The van der Waals surface area contributed by atoms with Crippen LogP contribution < -0.4 is 5.32 Å². The first-order chi connectivity index (χ1) is 21.9. The quantitative estimate of drug-likeness (QED) is 0.158. The summed E-state index contributed by atoms with van der Waals surface area (Å²) in [5.41, 5.74) is 6.16. The molecule has 1 fully saturated rings. The van der Waals surface area contributed by atoms with Crippen LogP contribution in [0.1, 0.15) is 54.8 Å². The molecule has 4 aromatic rings. The number of rotatable bonds is 14. The van der Waals surface area contributed by atoms with Gasteiger partial charge >= 0.3 is 0 Å². The monoisotopic (exact) mass is 616 g/mol. The van der Waals surface area contributed by atoms with Gasteiger partial charge in [0.15, 0.2) is 0 Å². The number of hydrogen-bond acceptors (Lipinski definition) is 6. The van der Waals surface area contributed by atoms with Crippen LogP contribution in [0.2, 0.25) is 0 Å². The number of nitrogens with zero attached hydrogens (tertiary/aromatic N) is 3. The summed E-state index contributed by atoms with van der Waals surface area (Å²) in [5.74, 6) is 0.806. The van der Waals surface area contributed by atoms with Crippen molar-refractivity contribution < 1.29 is 24.1 Å². The van der Waals surface area contributed by atoms with E-state index < -0.39 is 6.10 Å². The third kappa shape index (κ3) is 7.90. The number of aliphatic hydroxyl groups excluding tert-OH is 2. The van der Waals surface area contributed by atoms with Crippen molar-refractivity contribution in [2.45, 2.75) is 64.0 Å². The second-order valence-electron chi connectivity index (χ2n) is 12.0. The van der Waals surface area contributed by atoms with Gasteiger partial charge in [-0.3, -0.25) is 4.79 Å². The Morgan fingerprint density at radius 3 is 2.67 bits per heavy atom. The van der Waals surface area contributed by atoms with Gasteiger partial charge in [0.25, 0.3) is 0 Å². The average molecular weight is 617 g/mol. The largest absolute Gasteiger partial charge is 0.394 e. The summed E-state index contributed by atoms with van der Waals surface area (Å²) in [7, 11) is 1.69. The highest BCUT2D eigenvalue weighted by atomic mass is 19.1. The molecule has 1 amide bonds. The smallest absolute Gasteiger partial charge is 0.222 e. The SMILES string of the molecule is COCCCn1c(C2CCCN(C(=O)CCCc3ccc(-c4ccc(NCC(O)CO)nc4)cc3)C2)c(C)c2cccc(F)c21. The predicted molar refractivity (Wildman–Crippen MR) is 176 cm³/mol. The van der Waals surface area contributed by atoms with Crippen molar-refractivity contribution in [2.75, 3.05) is 45.3 Å². The second-order valence-corrected chi connectivity index (χ2v) is 12.0. The molecule has 0 radical (unpaired) electrons. The Labute approximate surface area is 264 Å². The minimum Gasteiger partial charge on any atom is -0.394 e. The van der Waals surface area contributed by atoms with E-state index in [1.54, 1.807) is 19.4 Å². The van der Waals surface area contributed by atoms with Crippen LogP contribution >= 0.6 is 0 Å². The Bertz CT molecular complexity index is 1550. The summed E-state index contributed by atoms with van der Waals surface area (Å²) in [6.07, 6.45) is 5.80. The van der Waals surface area contributed by atoms with Gasteiger partial charge in [-0.1, -0.05) is 36.4 Å². The number of anilines is 1. The van der Waals surface area contributed by atoms with Gasteiger partial charge in [0.2, 0.25) is 5.91 Å². The van der Waals surface area contributed by atoms with Gasteiger partial charge < -0.3 is 29.7 Å². The van der Waals surface area contributed by atoms with Gasteiger partial charge in [-0.2, -0.15) is 0 Å². The first kappa shape index (κ1) is 32.6. The Kier molecular flexibility index (Phi) is 11.2. The Hall–Kier alpha value is -3.79. The van der Waals surface area contributed by atoms with Crippen molar-refractivity contribution in [1.82, 2.24) is 14.5 Å². The molecule has 0 saturated carbocycles. The maximum atomic E-state index is 15.0. The zero-order valence-electron chi connectivity index (χ0n) is 26.3. The molecule has 3 N–H and O–H groups in total. The van der Waals surface area contributed by atoms with E-state index in [0.29, 0.717) is 37.5 Å². The summed E-state index contributed by atoms with van der Waals surface area (Å²) in [6, 6.07) is 17.5. The summed E-state index contributed by atoms with van der Waals surface area (Å²) in [5, 5.41) is 22.4. The molecule has 2 atom stereocenters. The zero-order valence-corrected chi connectivity index (χ0v) is 26.3. The molecule has 0 spiro atoms. The van der Waals surface area contributed by atoms with Crippen molar-refractivity contribution in [3.63, 3.8) is 0 Å². The maximum Gasteiger partial charge on any atom is 0.222 e. The third-order valence-corrected chi connectivity index (χ3v) is 8.86. The number of halogens is 1. The van der Waals surface area contributed by atoms with E-state index in [0.717, 1.165) is 66.4 Å². The number of aryl methyl sites for hydroxylation is 3. The number of piperidine rings is 1. The fourth-order valence-electron chi connectivity index (χ4n) is 6.53. The molecule has 240 valence electrons. The molecule has 5 rings (SSSR count). The lowest BCUT2D eigenvalue weighted by molar-refractivity contribution is -0.132. The maximum absolute atomic E-state index is 15.0. The lowest BCUT2D eigenvalue weighted by Gasteiger charge is -2.34. The molecule has 2 aromatic heterocycles. The summed E-state index contributed by atoms with van der Waals surface area (Å²) in [4.78, 5) is 19.8. The number of amides is 1. The molecule has 2 unspecified atom stereocenters. The Balaban J connectivity index is 1.16. The topological polar surface area (TPSA) is 99.9 Å². The van der Waals surface area contributed by atoms with Crippen molar-refractivity contribution in [1.29, 1.82) is 0 Å². The van der Waals surface area contributed by atoms with Crippen LogP contribution in [0, 0.1) is 12.7 Å². The number of pyridine rings is 1. The number of benzene rings is 2. The molecule has 1 aliphatic rings. The molecule has 1 aliphatic heterocycles. The molecule has 0 bridgehead atoms. The molecule has 1 saturated heterocycles. The van der Waals surface area contributed by atoms with E-state index in [9.17, 15) is 9.90 Å². The number of fused-ring (bicyclic) bond motifs is 1. The Morgan fingerprint density at radius 1 is 1.13 bits per heavy atom. The van der Waals surface area contributed by atoms with Crippen LogP contribution in [0.15, 0.2) is 60.8 Å². The van der Waals surface area contributed by atoms with Crippen molar-refractivity contribution in [3.8, 4) is 11.1 Å². The van der Waals surface area contributed by atoms with E-state index >= 15 is 4.39 Å².